The topological polar surface area (TPSA) is 53.8 Å². The third-order valence-corrected chi connectivity index (χ3v) is 4.68. The first-order chi connectivity index (χ1) is 11.7. The number of furan rings is 1. The first-order valence-electron chi connectivity index (χ1n) is 8.46. The van der Waals surface area contributed by atoms with E-state index in [0.29, 0.717) is 37.7 Å². The summed E-state index contributed by atoms with van der Waals surface area (Å²) in [4.78, 5) is 28.3. The Morgan fingerprint density at radius 3 is 2.21 bits per heavy atom. The molecule has 2 fully saturated rings. The molecule has 2 heterocycles. The lowest BCUT2D eigenvalue weighted by molar-refractivity contribution is -0.134. The predicted molar refractivity (Wildman–Crippen MR) is 89.4 cm³/mol. The Hall–Kier alpha value is -2.56. The normalized spacial score (nSPS) is 17.8. The minimum atomic E-state index is -0.101. The second-order valence-corrected chi connectivity index (χ2v) is 6.42. The smallest absolute Gasteiger partial charge is 0.289 e. The predicted octanol–water partition coefficient (Wildman–Crippen LogP) is 2.64. The first-order valence-corrected chi connectivity index (χ1v) is 8.46. The number of hydrogen-bond acceptors (Lipinski definition) is 3. The molecule has 1 aliphatic heterocycles. The van der Waals surface area contributed by atoms with Gasteiger partial charge in [-0.25, -0.2) is 0 Å². The Morgan fingerprint density at radius 2 is 1.54 bits per heavy atom. The highest BCUT2D eigenvalue weighted by Crippen LogP contribution is 2.31. The van der Waals surface area contributed by atoms with Crippen LogP contribution in [0.4, 0.5) is 0 Å². The van der Waals surface area contributed by atoms with Crippen molar-refractivity contribution in [2.45, 2.75) is 12.8 Å². The number of nitrogens with zero attached hydrogens (tertiary/aromatic N) is 2. The highest BCUT2D eigenvalue weighted by molar-refractivity contribution is 5.92. The van der Waals surface area contributed by atoms with Gasteiger partial charge < -0.3 is 14.2 Å². The second kappa shape index (κ2) is 6.15. The van der Waals surface area contributed by atoms with E-state index < -0.39 is 0 Å². The summed E-state index contributed by atoms with van der Waals surface area (Å²) in [6.45, 7) is 2.37. The van der Waals surface area contributed by atoms with E-state index in [2.05, 4.69) is 0 Å². The number of piperazine rings is 1. The van der Waals surface area contributed by atoms with Gasteiger partial charge in [-0.15, -0.1) is 0 Å². The van der Waals surface area contributed by atoms with Gasteiger partial charge in [-0.3, -0.25) is 9.59 Å². The maximum atomic E-state index is 12.6. The molecular weight excluding hydrogens is 304 g/mol. The third-order valence-electron chi connectivity index (χ3n) is 4.68. The van der Waals surface area contributed by atoms with Crippen molar-refractivity contribution in [2.75, 3.05) is 26.2 Å². The fourth-order valence-corrected chi connectivity index (χ4v) is 3.08. The van der Waals surface area contributed by atoms with Crippen LogP contribution in [0.3, 0.4) is 0 Å². The average Bonchev–Trinajstić information content (AvgIpc) is 3.38. The van der Waals surface area contributed by atoms with E-state index in [4.69, 9.17) is 4.42 Å². The zero-order valence-electron chi connectivity index (χ0n) is 13.5. The number of carbonyl (C=O) groups is 2. The maximum Gasteiger partial charge on any atom is 0.289 e. The molecule has 0 radical (unpaired) electrons. The van der Waals surface area contributed by atoms with Crippen LogP contribution in [0.2, 0.25) is 0 Å². The summed E-state index contributed by atoms with van der Waals surface area (Å²) >= 11 is 0. The molecule has 1 saturated carbocycles. The van der Waals surface area contributed by atoms with Gasteiger partial charge in [-0.2, -0.15) is 0 Å². The van der Waals surface area contributed by atoms with Crippen LogP contribution in [-0.2, 0) is 4.79 Å². The van der Waals surface area contributed by atoms with Crippen LogP contribution in [0.5, 0.6) is 0 Å². The number of rotatable bonds is 3. The van der Waals surface area contributed by atoms with Gasteiger partial charge in [0.25, 0.3) is 5.91 Å². The van der Waals surface area contributed by atoms with Crippen LogP contribution in [0, 0.1) is 5.92 Å². The summed E-state index contributed by atoms with van der Waals surface area (Å²) in [5.41, 5.74) is 0.955. The third kappa shape index (κ3) is 2.94. The molecule has 1 saturated heterocycles. The lowest BCUT2D eigenvalue weighted by atomic mass is 10.2. The van der Waals surface area contributed by atoms with Gasteiger partial charge in [0, 0.05) is 37.7 Å². The van der Waals surface area contributed by atoms with Gasteiger partial charge in [0.1, 0.15) is 5.76 Å². The lowest BCUT2D eigenvalue weighted by Crippen LogP contribution is -2.51. The summed E-state index contributed by atoms with van der Waals surface area (Å²) in [6.07, 6.45) is 2.04. The monoisotopic (exact) mass is 324 g/mol. The quantitative estimate of drug-likeness (QED) is 0.872. The Bertz CT molecular complexity index is 741. The van der Waals surface area contributed by atoms with Crippen LogP contribution >= 0.6 is 0 Å². The molecule has 2 aliphatic rings. The molecule has 1 aromatic heterocycles. The van der Waals surface area contributed by atoms with Crippen LogP contribution in [0.1, 0.15) is 23.4 Å². The summed E-state index contributed by atoms with van der Waals surface area (Å²) in [5.74, 6) is 1.45. The molecule has 0 spiro atoms. The van der Waals surface area contributed by atoms with E-state index in [1.54, 1.807) is 11.0 Å². The molecule has 0 atom stereocenters. The summed E-state index contributed by atoms with van der Waals surface area (Å²) < 4.78 is 5.74. The van der Waals surface area contributed by atoms with Crippen LogP contribution in [-0.4, -0.2) is 47.8 Å². The van der Waals surface area contributed by atoms with Gasteiger partial charge in [0.05, 0.1) is 0 Å². The van der Waals surface area contributed by atoms with E-state index in [9.17, 15) is 9.59 Å². The zero-order valence-corrected chi connectivity index (χ0v) is 13.5. The van der Waals surface area contributed by atoms with Gasteiger partial charge in [0.15, 0.2) is 5.76 Å². The summed E-state index contributed by atoms with van der Waals surface area (Å²) in [5, 5.41) is 0. The van der Waals surface area contributed by atoms with Crippen molar-refractivity contribution in [3.63, 3.8) is 0 Å². The molecular formula is C19H20N2O3. The lowest BCUT2D eigenvalue weighted by Gasteiger charge is -2.34. The van der Waals surface area contributed by atoms with Gasteiger partial charge in [0.2, 0.25) is 5.91 Å². The summed E-state index contributed by atoms with van der Waals surface area (Å²) in [7, 11) is 0. The molecule has 4 rings (SSSR count). The second-order valence-electron chi connectivity index (χ2n) is 6.42. The Balaban J connectivity index is 1.40. The van der Waals surface area contributed by atoms with E-state index in [-0.39, 0.29) is 17.7 Å². The van der Waals surface area contributed by atoms with Crippen molar-refractivity contribution in [2.24, 2.45) is 5.92 Å². The molecule has 124 valence electrons. The van der Waals surface area contributed by atoms with Crippen molar-refractivity contribution in [3.05, 3.63) is 48.2 Å². The minimum absolute atomic E-state index is 0.101. The van der Waals surface area contributed by atoms with Crippen LogP contribution in [0.25, 0.3) is 11.3 Å². The molecule has 0 bridgehead atoms. The Labute approximate surface area is 140 Å². The zero-order chi connectivity index (χ0) is 16.5. The highest BCUT2D eigenvalue weighted by Gasteiger charge is 2.35. The number of hydrogen-bond donors (Lipinski definition) is 0. The van der Waals surface area contributed by atoms with Crippen LogP contribution in [0.15, 0.2) is 46.9 Å². The van der Waals surface area contributed by atoms with Crippen molar-refractivity contribution in [3.8, 4) is 11.3 Å². The number of carbonyl (C=O) groups excluding carboxylic acids is 2. The largest absolute Gasteiger partial charge is 0.451 e. The fourth-order valence-electron chi connectivity index (χ4n) is 3.08. The van der Waals surface area contributed by atoms with E-state index >= 15 is 0 Å². The molecule has 0 unspecified atom stereocenters. The molecule has 0 N–H and O–H groups in total. The van der Waals surface area contributed by atoms with Crippen molar-refractivity contribution >= 4 is 11.8 Å². The molecule has 24 heavy (non-hydrogen) atoms. The molecule has 2 amide bonds. The molecule has 5 heteroatoms. The van der Waals surface area contributed by atoms with Gasteiger partial charge in [-0.05, 0) is 25.0 Å². The molecule has 1 aromatic carbocycles. The fraction of sp³-hybridized carbons (Fsp3) is 0.368. The van der Waals surface area contributed by atoms with Crippen LogP contribution < -0.4 is 0 Å². The average molecular weight is 324 g/mol. The van der Waals surface area contributed by atoms with Crippen molar-refractivity contribution in [1.82, 2.24) is 9.80 Å². The van der Waals surface area contributed by atoms with Crippen molar-refractivity contribution in [1.29, 1.82) is 0 Å². The van der Waals surface area contributed by atoms with E-state index in [1.807, 2.05) is 41.3 Å². The standard InChI is InChI=1S/C19H20N2O3/c22-18(15-6-7-15)20-10-12-21(13-11-20)19(23)17-9-8-16(24-17)14-4-2-1-3-5-14/h1-5,8-9,15H,6-7,10-13H2. The van der Waals surface area contributed by atoms with Gasteiger partial charge >= 0.3 is 0 Å². The molecule has 5 nitrogen and oxygen atoms in total. The maximum absolute atomic E-state index is 12.6. The Morgan fingerprint density at radius 1 is 0.875 bits per heavy atom. The SMILES string of the molecule is O=C(c1ccc(-c2ccccc2)o1)N1CCN(C(=O)C2CC2)CC1. The molecule has 2 aromatic rings. The first kappa shape index (κ1) is 15.0. The van der Waals surface area contributed by atoms with Gasteiger partial charge in [-0.1, -0.05) is 30.3 Å². The molecule has 1 aliphatic carbocycles. The number of amides is 2. The minimum Gasteiger partial charge on any atom is -0.451 e. The number of benzene rings is 1. The van der Waals surface area contributed by atoms with Crippen molar-refractivity contribution < 1.29 is 14.0 Å². The Kier molecular flexibility index (Phi) is 3.84. The van der Waals surface area contributed by atoms with E-state index in [0.717, 1.165) is 18.4 Å². The van der Waals surface area contributed by atoms with E-state index in [1.165, 1.54) is 0 Å². The highest BCUT2D eigenvalue weighted by atomic mass is 16.4. The summed E-state index contributed by atoms with van der Waals surface area (Å²) in [6, 6.07) is 13.3.